The standard InChI is InChI=1S/C19H23F2N3O4S.ClH/c1-13-3-4-14(11-18(13)28-19(20)21)23-29(25,26)15-5-6-17(27-2)16(12-15)24-9-7-22-8-10-24;/h3-6,11-12,19,22-23H,7-10H2,1-2H3;1H. The van der Waals surface area contributed by atoms with Crippen molar-refractivity contribution in [3.8, 4) is 11.5 Å². The minimum atomic E-state index is -3.95. The number of rotatable bonds is 7. The van der Waals surface area contributed by atoms with Crippen molar-refractivity contribution in [2.24, 2.45) is 0 Å². The molecule has 0 unspecified atom stereocenters. The molecule has 0 amide bonds. The van der Waals surface area contributed by atoms with Crippen LogP contribution in [0, 0.1) is 6.92 Å². The summed E-state index contributed by atoms with van der Waals surface area (Å²) in [4.78, 5) is 2.10. The Labute approximate surface area is 180 Å². The Morgan fingerprint density at radius 2 is 1.80 bits per heavy atom. The zero-order chi connectivity index (χ0) is 21.0. The summed E-state index contributed by atoms with van der Waals surface area (Å²) in [6.07, 6.45) is 0. The summed E-state index contributed by atoms with van der Waals surface area (Å²) in [5.74, 6) is 0.491. The number of nitrogens with zero attached hydrogens (tertiary/aromatic N) is 1. The zero-order valence-corrected chi connectivity index (χ0v) is 18.2. The number of nitrogens with one attached hydrogen (secondary N) is 2. The van der Waals surface area contributed by atoms with Crippen LogP contribution in [0.25, 0.3) is 0 Å². The fourth-order valence-electron chi connectivity index (χ4n) is 3.09. The molecule has 0 aromatic heterocycles. The molecular formula is C19H24ClF2N3O4S. The number of piperazine rings is 1. The van der Waals surface area contributed by atoms with E-state index in [9.17, 15) is 17.2 Å². The molecule has 0 spiro atoms. The highest BCUT2D eigenvalue weighted by atomic mass is 35.5. The van der Waals surface area contributed by atoms with Gasteiger partial charge in [-0.15, -0.1) is 12.4 Å². The normalized spacial score (nSPS) is 14.2. The Morgan fingerprint density at radius 3 is 2.43 bits per heavy atom. The van der Waals surface area contributed by atoms with Crippen LogP contribution >= 0.6 is 12.4 Å². The van der Waals surface area contributed by atoms with Gasteiger partial charge in [0.05, 0.1) is 23.4 Å². The second kappa shape index (κ2) is 10.1. The van der Waals surface area contributed by atoms with Crippen LogP contribution in [-0.2, 0) is 10.0 Å². The van der Waals surface area contributed by atoms with Gasteiger partial charge in [-0.2, -0.15) is 8.78 Å². The van der Waals surface area contributed by atoms with Crippen molar-refractivity contribution in [3.05, 3.63) is 42.0 Å². The number of benzene rings is 2. The summed E-state index contributed by atoms with van der Waals surface area (Å²) in [5.41, 5.74) is 1.28. The third-order valence-corrected chi connectivity index (χ3v) is 5.95. The van der Waals surface area contributed by atoms with Gasteiger partial charge in [-0.25, -0.2) is 8.42 Å². The van der Waals surface area contributed by atoms with Crippen LogP contribution in [0.15, 0.2) is 41.3 Å². The van der Waals surface area contributed by atoms with E-state index in [1.165, 1.54) is 31.4 Å². The molecule has 1 aliphatic heterocycles. The molecule has 1 aliphatic rings. The Kier molecular flexibility index (Phi) is 8.10. The van der Waals surface area contributed by atoms with Gasteiger partial charge in [0, 0.05) is 32.2 Å². The van der Waals surface area contributed by atoms with E-state index in [0.29, 0.717) is 17.0 Å². The third kappa shape index (κ3) is 5.65. The highest BCUT2D eigenvalue weighted by Crippen LogP contribution is 2.32. The predicted molar refractivity (Wildman–Crippen MR) is 114 cm³/mol. The molecule has 2 aromatic rings. The summed E-state index contributed by atoms with van der Waals surface area (Å²) in [6.45, 7) is 1.62. The first-order valence-corrected chi connectivity index (χ1v) is 10.5. The minimum absolute atomic E-state index is 0. The van der Waals surface area contributed by atoms with Crippen molar-refractivity contribution >= 4 is 33.8 Å². The van der Waals surface area contributed by atoms with Crippen LogP contribution in [0.4, 0.5) is 20.2 Å². The molecule has 1 saturated heterocycles. The lowest BCUT2D eigenvalue weighted by atomic mass is 10.2. The van der Waals surface area contributed by atoms with Crippen LogP contribution in [0.3, 0.4) is 0 Å². The van der Waals surface area contributed by atoms with Crippen molar-refractivity contribution in [2.45, 2.75) is 18.4 Å². The molecule has 0 bridgehead atoms. The van der Waals surface area contributed by atoms with Gasteiger partial charge in [0.25, 0.3) is 10.0 Å². The molecule has 0 radical (unpaired) electrons. The molecule has 0 atom stereocenters. The highest BCUT2D eigenvalue weighted by Gasteiger charge is 2.21. The molecule has 2 aromatic carbocycles. The summed E-state index contributed by atoms with van der Waals surface area (Å²) in [5, 5.41) is 3.24. The van der Waals surface area contributed by atoms with Crippen LogP contribution in [0.2, 0.25) is 0 Å². The molecule has 30 heavy (non-hydrogen) atoms. The lowest BCUT2D eigenvalue weighted by molar-refractivity contribution is -0.0502. The number of alkyl halides is 2. The summed E-state index contributed by atoms with van der Waals surface area (Å²) in [6, 6.07) is 8.84. The van der Waals surface area contributed by atoms with E-state index in [-0.39, 0.29) is 28.7 Å². The smallest absolute Gasteiger partial charge is 0.387 e. The van der Waals surface area contributed by atoms with Gasteiger partial charge in [-0.05, 0) is 36.8 Å². The van der Waals surface area contributed by atoms with E-state index in [4.69, 9.17) is 4.74 Å². The van der Waals surface area contributed by atoms with E-state index < -0.39 is 16.6 Å². The second-order valence-corrected chi connectivity index (χ2v) is 8.22. The monoisotopic (exact) mass is 463 g/mol. The largest absolute Gasteiger partial charge is 0.495 e. The van der Waals surface area contributed by atoms with Gasteiger partial charge in [-0.3, -0.25) is 4.72 Å². The van der Waals surface area contributed by atoms with Crippen molar-refractivity contribution in [1.29, 1.82) is 0 Å². The quantitative estimate of drug-likeness (QED) is 0.656. The Hall–Kier alpha value is -2.30. The van der Waals surface area contributed by atoms with E-state index in [1.807, 2.05) is 0 Å². The Balaban J connectivity index is 0.00000320. The second-order valence-electron chi connectivity index (χ2n) is 6.53. The highest BCUT2D eigenvalue weighted by molar-refractivity contribution is 7.92. The first-order valence-electron chi connectivity index (χ1n) is 9.02. The van der Waals surface area contributed by atoms with E-state index in [1.54, 1.807) is 19.1 Å². The molecule has 166 valence electrons. The summed E-state index contributed by atoms with van der Waals surface area (Å²) in [7, 11) is -2.42. The van der Waals surface area contributed by atoms with Gasteiger partial charge in [0.15, 0.2) is 0 Å². The molecular weight excluding hydrogens is 440 g/mol. The molecule has 3 rings (SSSR count). The van der Waals surface area contributed by atoms with Crippen LogP contribution in [0.5, 0.6) is 11.5 Å². The predicted octanol–water partition coefficient (Wildman–Crippen LogP) is 3.24. The van der Waals surface area contributed by atoms with Gasteiger partial charge in [0.2, 0.25) is 0 Å². The molecule has 1 heterocycles. The Bertz CT molecular complexity index is 970. The number of hydrogen-bond donors (Lipinski definition) is 2. The van der Waals surface area contributed by atoms with Crippen LogP contribution in [-0.4, -0.2) is 48.3 Å². The number of anilines is 2. The van der Waals surface area contributed by atoms with Gasteiger partial charge >= 0.3 is 6.61 Å². The maximum absolute atomic E-state index is 12.9. The van der Waals surface area contributed by atoms with Crippen molar-refractivity contribution in [1.82, 2.24) is 5.32 Å². The maximum atomic E-state index is 12.9. The number of methoxy groups -OCH3 is 1. The van der Waals surface area contributed by atoms with Crippen LogP contribution < -0.4 is 24.4 Å². The Morgan fingerprint density at radius 1 is 1.10 bits per heavy atom. The average molecular weight is 464 g/mol. The number of ether oxygens (including phenoxy) is 2. The third-order valence-electron chi connectivity index (χ3n) is 4.57. The van der Waals surface area contributed by atoms with Gasteiger partial charge in [-0.1, -0.05) is 6.07 Å². The van der Waals surface area contributed by atoms with E-state index >= 15 is 0 Å². The van der Waals surface area contributed by atoms with Crippen molar-refractivity contribution in [2.75, 3.05) is 42.9 Å². The van der Waals surface area contributed by atoms with Gasteiger partial charge < -0.3 is 19.7 Å². The number of aryl methyl sites for hydroxylation is 1. The fourth-order valence-corrected chi connectivity index (χ4v) is 4.16. The molecule has 1 fully saturated rings. The van der Waals surface area contributed by atoms with Gasteiger partial charge in [0.1, 0.15) is 11.5 Å². The average Bonchev–Trinajstić information content (AvgIpc) is 2.70. The minimum Gasteiger partial charge on any atom is -0.495 e. The first-order chi connectivity index (χ1) is 13.8. The number of hydrogen-bond acceptors (Lipinski definition) is 6. The lowest BCUT2D eigenvalue weighted by Crippen LogP contribution is -2.43. The molecule has 7 nitrogen and oxygen atoms in total. The number of halogens is 3. The summed E-state index contributed by atoms with van der Waals surface area (Å²) >= 11 is 0. The molecule has 11 heteroatoms. The van der Waals surface area contributed by atoms with Crippen molar-refractivity contribution in [3.63, 3.8) is 0 Å². The SMILES string of the molecule is COc1ccc(S(=O)(=O)Nc2ccc(C)c(OC(F)F)c2)cc1N1CCNCC1.Cl. The molecule has 2 N–H and O–H groups in total. The van der Waals surface area contributed by atoms with E-state index in [2.05, 4.69) is 19.7 Å². The maximum Gasteiger partial charge on any atom is 0.387 e. The topological polar surface area (TPSA) is 79.9 Å². The van der Waals surface area contributed by atoms with Crippen LogP contribution in [0.1, 0.15) is 5.56 Å². The fraction of sp³-hybridized carbons (Fsp3) is 0.368. The molecule has 0 saturated carbocycles. The summed E-state index contributed by atoms with van der Waals surface area (Å²) < 4.78 is 63.1. The number of sulfonamides is 1. The molecule has 0 aliphatic carbocycles. The van der Waals surface area contributed by atoms with Crippen molar-refractivity contribution < 1.29 is 26.7 Å². The first kappa shape index (κ1) is 24.0. The van der Waals surface area contributed by atoms with E-state index in [0.717, 1.165) is 26.2 Å². The lowest BCUT2D eigenvalue weighted by Gasteiger charge is -2.30. The zero-order valence-electron chi connectivity index (χ0n) is 16.5.